The molecule has 1 atom stereocenters. The third-order valence-electron chi connectivity index (χ3n) is 1.70. The van der Waals surface area contributed by atoms with Crippen LogP contribution in [0.25, 0.3) is 0 Å². The Balaban J connectivity index is 4.68. The zero-order valence-electron chi connectivity index (χ0n) is 9.10. The quantitative estimate of drug-likeness (QED) is 0.513. The van der Waals surface area contributed by atoms with E-state index in [1.807, 2.05) is 0 Å². The zero-order chi connectivity index (χ0) is 12.9. The number of carboxylic acids is 2. The number of hydrogen-bond donors (Lipinski definition) is 2. The first-order valence-electron chi connectivity index (χ1n) is 4.60. The van der Waals surface area contributed by atoms with E-state index in [4.69, 9.17) is 14.9 Å². The SMILES string of the molecule is C=C(C(=O)OC(C)C)C(CC(=O)O)C(=O)O. The zero-order valence-corrected chi connectivity index (χ0v) is 9.10. The van der Waals surface area contributed by atoms with Gasteiger partial charge in [-0.15, -0.1) is 0 Å². The molecule has 0 aliphatic heterocycles. The van der Waals surface area contributed by atoms with Crippen molar-refractivity contribution in [3.63, 3.8) is 0 Å². The maximum absolute atomic E-state index is 11.3. The van der Waals surface area contributed by atoms with Crippen molar-refractivity contribution in [2.45, 2.75) is 26.4 Å². The molecular weight excluding hydrogens is 216 g/mol. The van der Waals surface area contributed by atoms with Gasteiger partial charge in [0.2, 0.25) is 0 Å². The average Bonchev–Trinajstić information content (AvgIpc) is 2.11. The monoisotopic (exact) mass is 230 g/mol. The molecule has 0 spiro atoms. The highest BCUT2D eigenvalue weighted by atomic mass is 16.5. The van der Waals surface area contributed by atoms with Gasteiger partial charge in [-0.1, -0.05) is 6.58 Å². The number of carboxylic acid groups (broad SMARTS) is 2. The lowest BCUT2D eigenvalue weighted by molar-refractivity contribution is -0.150. The van der Waals surface area contributed by atoms with Crippen LogP contribution in [0.3, 0.4) is 0 Å². The van der Waals surface area contributed by atoms with E-state index in [-0.39, 0.29) is 5.57 Å². The van der Waals surface area contributed by atoms with Crippen molar-refractivity contribution in [3.8, 4) is 0 Å². The highest BCUT2D eigenvalue weighted by Gasteiger charge is 2.29. The van der Waals surface area contributed by atoms with Crippen LogP contribution in [0.1, 0.15) is 20.3 Å². The van der Waals surface area contributed by atoms with Gasteiger partial charge in [-0.25, -0.2) is 4.79 Å². The smallest absolute Gasteiger partial charge is 0.334 e. The van der Waals surface area contributed by atoms with E-state index in [2.05, 4.69) is 6.58 Å². The number of hydrogen-bond acceptors (Lipinski definition) is 4. The molecule has 0 saturated carbocycles. The normalized spacial score (nSPS) is 11.9. The third kappa shape index (κ3) is 4.59. The van der Waals surface area contributed by atoms with Crippen LogP contribution < -0.4 is 0 Å². The van der Waals surface area contributed by atoms with Gasteiger partial charge in [0.05, 0.1) is 18.4 Å². The number of aliphatic carboxylic acids is 2. The van der Waals surface area contributed by atoms with E-state index < -0.39 is 36.4 Å². The standard InChI is InChI=1S/C10H14O6/c1-5(2)16-10(15)6(3)7(9(13)14)4-8(11)12/h5,7H,3-4H2,1-2H3,(H,11,12)(H,13,14). The second-order valence-corrected chi connectivity index (χ2v) is 3.47. The van der Waals surface area contributed by atoms with Crippen molar-refractivity contribution in [1.82, 2.24) is 0 Å². The lowest BCUT2D eigenvalue weighted by atomic mass is 9.97. The van der Waals surface area contributed by atoms with E-state index in [0.29, 0.717) is 0 Å². The molecule has 0 saturated heterocycles. The molecule has 6 nitrogen and oxygen atoms in total. The fourth-order valence-electron chi connectivity index (χ4n) is 0.966. The minimum atomic E-state index is -1.45. The molecule has 0 aromatic heterocycles. The van der Waals surface area contributed by atoms with Gasteiger partial charge < -0.3 is 14.9 Å². The second-order valence-electron chi connectivity index (χ2n) is 3.47. The van der Waals surface area contributed by atoms with Crippen molar-refractivity contribution in [1.29, 1.82) is 0 Å². The summed E-state index contributed by atoms with van der Waals surface area (Å²) < 4.78 is 4.73. The van der Waals surface area contributed by atoms with Gasteiger partial charge in [0.25, 0.3) is 0 Å². The van der Waals surface area contributed by atoms with Gasteiger partial charge in [-0.2, -0.15) is 0 Å². The molecule has 6 heteroatoms. The van der Waals surface area contributed by atoms with Gasteiger partial charge in [-0.05, 0) is 13.8 Å². The highest BCUT2D eigenvalue weighted by Crippen LogP contribution is 2.16. The number of carbonyl (C=O) groups excluding carboxylic acids is 1. The van der Waals surface area contributed by atoms with Crippen molar-refractivity contribution in [2.24, 2.45) is 5.92 Å². The van der Waals surface area contributed by atoms with Crippen molar-refractivity contribution in [3.05, 3.63) is 12.2 Å². The molecule has 2 N–H and O–H groups in total. The van der Waals surface area contributed by atoms with E-state index >= 15 is 0 Å². The summed E-state index contributed by atoms with van der Waals surface area (Å²) in [7, 11) is 0. The summed E-state index contributed by atoms with van der Waals surface area (Å²) in [5.41, 5.74) is -0.358. The molecule has 0 aromatic carbocycles. The molecule has 0 bridgehead atoms. The Morgan fingerprint density at radius 2 is 1.75 bits per heavy atom. The minimum Gasteiger partial charge on any atom is -0.481 e. The maximum atomic E-state index is 11.3. The second kappa shape index (κ2) is 5.89. The summed E-state index contributed by atoms with van der Waals surface area (Å²) in [6.45, 7) is 6.45. The first kappa shape index (κ1) is 14.2. The minimum absolute atomic E-state index is 0.358. The molecule has 90 valence electrons. The summed E-state index contributed by atoms with van der Waals surface area (Å²) in [5.74, 6) is -5.06. The molecule has 0 heterocycles. The third-order valence-corrected chi connectivity index (χ3v) is 1.70. The van der Waals surface area contributed by atoms with Crippen molar-refractivity contribution in [2.75, 3.05) is 0 Å². The summed E-state index contributed by atoms with van der Waals surface area (Å²) in [6.07, 6.45) is -1.11. The van der Waals surface area contributed by atoms with E-state index in [1.54, 1.807) is 13.8 Å². The Kier molecular flexibility index (Phi) is 5.21. The Hall–Kier alpha value is -1.85. The molecule has 0 fully saturated rings. The molecule has 0 radical (unpaired) electrons. The lowest BCUT2D eigenvalue weighted by Gasteiger charge is -2.14. The molecular formula is C10H14O6. The van der Waals surface area contributed by atoms with Gasteiger partial charge in [0, 0.05) is 5.57 Å². The lowest BCUT2D eigenvalue weighted by Crippen LogP contribution is -2.26. The predicted molar refractivity (Wildman–Crippen MR) is 53.7 cm³/mol. The number of ether oxygens (including phenoxy) is 1. The molecule has 0 aliphatic carbocycles. The molecule has 16 heavy (non-hydrogen) atoms. The largest absolute Gasteiger partial charge is 0.481 e. The van der Waals surface area contributed by atoms with Crippen LogP contribution in [0.5, 0.6) is 0 Å². The van der Waals surface area contributed by atoms with Crippen LogP contribution in [0.2, 0.25) is 0 Å². The fraction of sp³-hybridized carbons (Fsp3) is 0.500. The number of esters is 1. The van der Waals surface area contributed by atoms with Crippen LogP contribution in [0.4, 0.5) is 0 Å². The van der Waals surface area contributed by atoms with Crippen molar-refractivity contribution < 1.29 is 29.3 Å². The highest BCUT2D eigenvalue weighted by molar-refractivity contribution is 5.96. The summed E-state index contributed by atoms with van der Waals surface area (Å²) in [5, 5.41) is 17.2. The summed E-state index contributed by atoms with van der Waals surface area (Å²) in [4.78, 5) is 32.4. The Morgan fingerprint density at radius 1 is 1.25 bits per heavy atom. The Morgan fingerprint density at radius 3 is 2.06 bits per heavy atom. The average molecular weight is 230 g/mol. The van der Waals surface area contributed by atoms with Crippen LogP contribution in [0, 0.1) is 5.92 Å². The summed E-state index contributed by atoms with van der Waals surface area (Å²) in [6, 6.07) is 0. The maximum Gasteiger partial charge on any atom is 0.334 e. The Bertz CT molecular complexity index is 317. The molecule has 0 aliphatic rings. The van der Waals surface area contributed by atoms with Gasteiger partial charge in [0.1, 0.15) is 0 Å². The van der Waals surface area contributed by atoms with E-state index in [0.717, 1.165) is 0 Å². The van der Waals surface area contributed by atoms with Crippen LogP contribution >= 0.6 is 0 Å². The number of carbonyl (C=O) groups is 3. The van der Waals surface area contributed by atoms with Crippen molar-refractivity contribution >= 4 is 17.9 Å². The predicted octanol–water partition coefficient (Wildman–Crippen LogP) is 0.670. The number of rotatable bonds is 6. The molecule has 1 unspecified atom stereocenters. The van der Waals surface area contributed by atoms with Gasteiger partial charge >= 0.3 is 17.9 Å². The molecule has 0 aromatic rings. The van der Waals surface area contributed by atoms with Gasteiger partial charge in [-0.3, -0.25) is 9.59 Å². The first-order valence-corrected chi connectivity index (χ1v) is 4.60. The first-order chi connectivity index (χ1) is 7.25. The van der Waals surface area contributed by atoms with Crippen LogP contribution in [-0.2, 0) is 19.1 Å². The topological polar surface area (TPSA) is 101 Å². The van der Waals surface area contributed by atoms with Crippen LogP contribution in [0.15, 0.2) is 12.2 Å². The van der Waals surface area contributed by atoms with E-state index in [1.165, 1.54) is 0 Å². The van der Waals surface area contributed by atoms with Crippen LogP contribution in [-0.4, -0.2) is 34.2 Å². The fourth-order valence-corrected chi connectivity index (χ4v) is 0.966. The summed E-state index contributed by atoms with van der Waals surface area (Å²) >= 11 is 0. The molecule has 0 amide bonds. The van der Waals surface area contributed by atoms with E-state index in [9.17, 15) is 14.4 Å². The Labute approximate surface area is 92.5 Å². The van der Waals surface area contributed by atoms with Gasteiger partial charge in [0.15, 0.2) is 0 Å². The molecule has 0 rings (SSSR count).